The van der Waals surface area contributed by atoms with Crippen LogP contribution in [0.4, 0.5) is 5.82 Å². The van der Waals surface area contributed by atoms with E-state index in [9.17, 15) is 0 Å². The third-order valence-electron chi connectivity index (χ3n) is 2.46. The monoisotopic (exact) mass is 391 g/mol. The Hall–Kier alpha value is -0.890. The van der Waals surface area contributed by atoms with Gasteiger partial charge in [-0.3, -0.25) is 0 Å². The fourth-order valence-electron chi connectivity index (χ4n) is 1.67. The highest BCUT2D eigenvalue weighted by atomic mass is 127. The van der Waals surface area contributed by atoms with Crippen molar-refractivity contribution in [3.05, 3.63) is 26.5 Å². The highest BCUT2D eigenvalue weighted by molar-refractivity contribution is 14.1. The summed E-state index contributed by atoms with van der Waals surface area (Å²) in [6, 6.07) is 3.41. The molecule has 2 rings (SSSR count). The molecule has 102 valence electrons. The SMILES string of the molecule is CC(C)(C)Cc1nn(-c2ccc(Cl)nn2)c(N)c1I. The van der Waals surface area contributed by atoms with Crippen molar-refractivity contribution in [1.82, 2.24) is 20.0 Å². The Morgan fingerprint density at radius 3 is 2.53 bits per heavy atom. The predicted molar refractivity (Wildman–Crippen MR) is 84.5 cm³/mol. The van der Waals surface area contributed by atoms with Crippen molar-refractivity contribution in [3.63, 3.8) is 0 Å². The zero-order chi connectivity index (χ0) is 14.2. The van der Waals surface area contributed by atoms with Crippen LogP contribution in [0.1, 0.15) is 26.5 Å². The molecular formula is C12H15ClIN5. The molecule has 0 aromatic carbocycles. The summed E-state index contributed by atoms with van der Waals surface area (Å²) in [6.07, 6.45) is 0.851. The van der Waals surface area contributed by atoms with E-state index in [1.165, 1.54) is 0 Å². The standard InChI is InChI=1S/C12H15ClIN5/c1-12(2,3)6-7-10(14)11(15)19(18-7)9-5-4-8(13)16-17-9/h4-5H,6,15H2,1-3H3. The minimum absolute atomic E-state index is 0.150. The first-order valence-corrected chi connectivity index (χ1v) is 7.26. The number of rotatable bonds is 2. The van der Waals surface area contributed by atoms with E-state index in [2.05, 4.69) is 58.7 Å². The molecule has 2 N–H and O–H groups in total. The van der Waals surface area contributed by atoms with Gasteiger partial charge in [-0.25, -0.2) is 0 Å². The van der Waals surface area contributed by atoms with E-state index < -0.39 is 0 Å². The second kappa shape index (κ2) is 5.24. The number of nitrogens with zero attached hydrogens (tertiary/aromatic N) is 4. The summed E-state index contributed by atoms with van der Waals surface area (Å²) >= 11 is 7.94. The molecule has 0 saturated heterocycles. The summed E-state index contributed by atoms with van der Waals surface area (Å²) in [5, 5.41) is 12.7. The second-order valence-electron chi connectivity index (χ2n) is 5.51. The number of hydrogen-bond acceptors (Lipinski definition) is 4. The molecule has 0 saturated carbocycles. The summed E-state index contributed by atoms with van der Waals surface area (Å²) in [5.74, 6) is 1.15. The maximum atomic E-state index is 6.08. The zero-order valence-corrected chi connectivity index (χ0v) is 13.9. The minimum atomic E-state index is 0.150. The quantitative estimate of drug-likeness (QED) is 0.799. The Morgan fingerprint density at radius 1 is 1.32 bits per heavy atom. The number of halogens is 2. The van der Waals surface area contributed by atoms with Crippen molar-refractivity contribution in [3.8, 4) is 5.82 Å². The van der Waals surface area contributed by atoms with Gasteiger partial charge in [-0.15, -0.1) is 10.2 Å². The number of anilines is 1. The van der Waals surface area contributed by atoms with Gasteiger partial charge in [0, 0.05) is 0 Å². The minimum Gasteiger partial charge on any atom is -0.383 e. The molecule has 0 aliphatic carbocycles. The first kappa shape index (κ1) is 14.5. The predicted octanol–water partition coefficient (Wildman–Crippen LogP) is 3.09. The molecule has 0 fully saturated rings. The van der Waals surface area contributed by atoms with Gasteiger partial charge in [0.1, 0.15) is 5.82 Å². The summed E-state index contributed by atoms with van der Waals surface area (Å²) in [6.45, 7) is 6.50. The van der Waals surface area contributed by atoms with Gasteiger partial charge >= 0.3 is 0 Å². The van der Waals surface area contributed by atoms with Gasteiger partial charge in [0.25, 0.3) is 0 Å². The fourth-order valence-corrected chi connectivity index (χ4v) is 2.30. The fraction of sp³-hybridized carbons (Fsp3) is 0.417. The molecule has 0 unspecified atom stereocenters. The van der Waals surface area contributed by atoms with Gasteiger partial charge < -0.3 is 5.73 Å². The van der Waals surface area contributed by atoms with E-state index in [1.54, 1.807) is 16.8 Å². The summed E-state index contributed by atoms with van der Waals surface area (Å²) < 4.78 is 2.57. The lowest BCUT2D eigenvalue weighted by atomic mass is 9.91. The Labute approximate surface area is 130 Å². The molecule has 0 radical (unpaired) electrons. The number of nitrogens with two attached hydrogens (primary N) is 1. The van der Waals surface area contributed by atoms with Gasteiger partial charge in [-0.05, 0) is 46.6 Å². The van der Waals surface area contributed by atoms with Crippen LogP contribution < -0.4 is 5.73 Å². The summed E-state index contributed by atoms with van der Waals surface area (Å²) in [5.41, 5.74) is 7.21. The van der Waals surface area contributed by atoms with E-state index >= 15 is 0 Å². The Bertz CT molecular complexity index is 585. The third kappa shape index (κ3) is 3.36. The average Bonchev–Trinajstić information content (AvgIpc) is 2.57. The molecule has 0 spiro atoms. The van der Waals surface area contributed by atoms with Crippen LogP contribution in [0.25, 0.3) is 5.82 Å². The molecule has 0 atom stereocenters. The van der Waals surface area contributed by atoms with Crippen molar-refractivity contribution >= 4 is 40.0 Å². The van der Waals surface area contributed by atoms with Crippen LogP contribution in [-0.4, -0.2) is 20.0 Å². The lowest BCUT2D eigenvalue weighted by Gasteiger charge is -2.16. The number of hydrogen-bond donors (Lipinski definition) is 1. The van der Waals surface area contributed by atoms with Crippen LogP contribution in [0, 0.1) is 8.99 Å². The lowest BCUT2D eigenvalue weighted by molar-refractivity contribution is 0.404. The molecule has 5 nitrogen and oxygen atoms in total. The molecule has 7 heteroatoms. The van der Waals surface area contributed by atoms with Gasteiger partial charge in [0.2, 0.25) is 0 Å². The van der Waals surface area contributed by atoms with Crippen LogP contribution in [0.5, 0.6) is 0 Å². The Kier molecular flexibility index (Phi) is 4.00. The smallest absolute Gasteiger partial charge is 0.178 e. The van der Waals surface area contributed by atoms with Crippen molar-refractivity contribution in [2.24, 2.45) is 5.41 Å². The van der Waals surface area contributed by atoms with Gasteiger partial charge in [-0.2, -0.15) is 9.78 Å². The van der Waals surface area contributed by atoms with Crippen molar-refractivity contribution in [2.75, 3.05) is 5.73 Å². The molecule has 0 amide bonds. The molecule has 0 bridgehead atoms. The molecular weight excluding hydrogens is 377 g/mol. The third-order valence-corrected chi connectivity index (χ3v) is 3.84. The highest BCUT2D eigenvalue weighted by Crippen LogP contribution is 2.27. The summed E-state index contributed by atoms with van der Waals surface area (Å²) in [7, 11) is 0. The molecule has 2 aromatic heterocycles. The molecule has 0 aliphatic heterocycles. The first-order chi connectivity index (χ1) is 8.78. The van der Waals surface area contributed by atoms with Crippen molar-refractivity contribution in [1.29, 1.82) is 0 Å². The maximum absolute atomic E-state index is 6.08. The van der Waals surface area contributed by atoms with E-state index in [0.29, 0.717) is 16.8 Å². The van der Waals surface area contributed by atoms with Crippen LogP contribution in [0.2, 0.25) is 5.15 Å². The van der Waals surface area contributed by atoms with Gasteiger partial charge in [0.05, 0.1) is 9.26 Å². The van der Waals surface area contributed by atoms with Crippen molar-refractivity contribution in [2.45, 2.75) is 27.2 Å². The largest absolute Gasteiger partial charge is 0.383 e. The van der Waals surface area contributed by atoms with Crippen molar-refractivity contribution < 1.29 is 0 Å². The Morgan fingerprint density at radius 2 is 2.00 bits per heavy atom. The van der Waals surface area contributed by atoms with E-state index in [-0.39, 0.29) is 5.41 Å². The van der Waals surface area contributed by atoms with Crippen LogP contribution in [-0.2, 0) is 6.42 Å². The number of nitrogen functional groups attached to an aromatic ring is 1. The zero-order valence-electron chi connectivity index (χ0n) is 11.0. The number of aromatic nitrogens is 4. The van der Waals surface area contributed by atoms with E-state index in [4.69, 9.17) is 17.3 Å². The molecule has 2 aromatic rings. The highest BCUT2D eigenvalue weighted by Gasteiger charge is 2.20. The lowest BCUT2D eigenvalue weighted by Crippen LogP contribution is -2.11. The van der Waals surface area contributed by atoms with E-state index in [1.807, 2.05) is 0 Å². The topological polar surface area (TPSA) is 69.6 Å². The van der Waals surface area contributed by atoms with Crippen LogP contribution in [0.15, 0.2) is 12.1 Å². The van der Waals surface area contributed by atoms with E-state index in [0.717, 1.165) is 15.7 Å². The second-order valence-corrected chi connectivity index (χ2v) is 6.98. The summed E-state index contributed by atoms with van der Waals surface area (Å²) in [4.78, 5) is 0. The van der Waals surface area contributed by atoms with Gasteiger partial charge in [-0.1, -0.05) is 32.4 Å². The normalized spacial score (nSPS) is 11.8. The van der Waals surface area contributed by atoms with Crippen LogP contribution >= 0.6 is 34.2 Å². The first-order valence-electron chi connectivity index (χ1n) is 5.80. The average molecular weight is 392 g/mol. The van der Waals surface area contributed by atoms with Crippen LogP contribution in [0.3, 0.4) is 0 Å². The maximum Gasteiger partial charge on any atom is 0.178 e. The Balaban J connectivity index is 2.43. The molecule has 2 heterocycles. The van der Waals surface area contributed by atoms with Gasteiger partial charge in [0.15, 0.2) is 11.0 Å². The molecule has 19 heavy (non-hydrogen) atoms. The molecule has 0 aliphatic rings.